The fourth-order valence-corrected chi connectivity index (χ4v) is 4.82. The molecule has 0 radical (unpaired) electrons. The zero-order chi connectivity index (χ0) is 19.7. The van der Waals surface area contributed by atoms with Crippen molar-refractivity contribution >= 4 is 11.0 Å². The summed E-state index contributed by atoms with van der Waals surface area (Å²) in [5.41, 5.74) is 3.71. The highest BCUT2D eigenvalue weighted by Gasteiger charge is 2.35. The van der Waals surface area contributed by atoms with Gasteiger partial charge in [-0.25, -0.2) is 4.79 Å². The van der Waals surface area contributed by atoms with E-state index < -0.39 is 0 Å². The van der Waals surface area contributed by atoms with Crippen molar-refractivity contribution < 1.29 is 9.52 Å². The second-order valence-corrected chi connectivity index (χ2v) is 8.26. The van der Waals surface area contributed by atoms with Crippen molar-refractivity contribution in [2.24, 2.45) is 0 Å². The molecule has 0 aliphatic heterocycles. The minimum absolute atomic E-state index is 0.106. The summed E-state index contributed by atoms with van der Waals surface area (Å²) in [6.07, 6.45) is 8.19. The third kappa shape index (κ3) is 3.23. The van der Waals surface area contributed by atoms with Crippen LogP contribution in [0.4, 0.5) is 0 Å². The number of fused-ring (bicyclic) bond motifs is 1. The molecule has 1 aromatic heterocycles. The SMILES string of the molecule is CCCCC1(c2cc(O)c3cc(-c4ccccc4C)c(=O)oc3c2)CCCC1. The van der Waals surface area contributed by atoms with Gasteiger partial charge in [-0.05, 0) is 66.5 Å². The van der Waals surface area contributed by atoms with Crippen LogP contribution in [0.15, 0.2) is 51.7 Å². The molecule has 1 N–H and O–H groups in total. The molecule has 1 heterocycles. The van der Waals surface area contributed by atoms with E-state index in [0.29, 0.717) is 16.5 Å². The molecule has 4 rings (SSSR count). The Kier molecular flexibility index (Phi) is 5.01. The highest BCUT2D eigenvalue weighted by molar-refractivity contribution is 5.88. The van der Waals surface area contributed by atoms with Crippen molar-refractivity contribution in [3.63, 3.8) is 0 Å². The number of phenols is 1. The molecule has 0 saturated heterocycles. The van der Waals surface area contributed by atoms with Gasteiger partial charge in [0.15, 0.2) is 0 Å². The van der Waals surface area contributed by atoms with Crippen molar-refractivity contribution in [2.45, 2.75) is 64.2 Å². The van der Waals surface area contributed by atoms with Crippen LogP contribution in [0.1, 0.15) is 63.0 Å². The minimum atomic E-state index is -0.354. The van der Waals surface area contributed by atoms with E-state index in [0.717, 1.165) is 42.4 Å². The average Bonchev–Trinajstić information content (AvgIpc) is 3.17. The van der Waals surface area contributed by atoms with Crippen LogP contribution < -0.4 is 5.63 Å². The van der Waals surface area contributed by atoms with Crippen molar-refractivity contribution in [3.05, 3.63) is 64.0 Å². The van der Waals surface area contributed by atoms with Gasteiger partial charge in [-0.3, -0.25) is 0 Å². The maximum atomic E-state index is 12.7. The highest BCUT2D eigenvalue weighted by atomic mass is 16.4. The number of aryl methyl sites for hydroxylation is 1. The summed E-state index contributed by atoms with van der Waals surface area (Å²) in [6.45, 7) is 4.19. The van der Waals surface area contributed by atoms with Crippen molar-refractivity contribution in [2.75, 3.05) is 0 Å². The number of hydrogen-bond donors (Lipinski definition) is 1. The molecule has 0 amide bonds. The van der Waals surface area contributed by atoms with E-state index in [1.807, 2.05) is 43.3 Å². The van der Waals surface area contributed by atoms with E-state index in [1.54, 1.807) is 6.07 Å². The molecule has 146 valence electrons. The predicted octanol–water partition coefficient (Wildman–Crippen LogP) is 6.48. The van der Waals surface area contributed by atoms with Gasteiger partial charge >= 0.3 is 5.63 Å². The Hall–Kier alpha value is -2.55. The summed E-state index contributed by atoms with van der Waals surface area (Å²) in [4.78, 5) is 12.7. The highest BCUT2D eigenvalue weighted by Crippen LogP contribution is 2.47. The predicted molar refractivity (Wildman–Crippen MR) is 114 cm³/mol. The molecule has 3 aromatic rings. The maximum Gasteiger partial charge on any atom is 0.344 e. The molecule has 0 bridgehead atoms. The lowest BCUT2D eigenvalue weighted by molar-refractivity contribution is 0.387. The van der Waals surface area contributed by atoms with Gasteiger partial charge in [0.1, 0.15) is 11.3 Å². The van der Waals surface area contributed by atoms with Crippen molar-refractivity contribution in [3.8, 4) is 16.9 Å². The molecular formula is C25H28O3. The molecule has 28 heavy (non-hydrogen) atoms. The van der Waals surface area contributed by atoms with E-state index in [-0.39, 0.29) is 16.8 Å². The third-order valence-corrected chi connectivity index (χ3v) is 6.45. The number of benzene rings is 2. The van der Waals surface area contributed by atoms with Gasteiger partial charge in [0.2, 0.25) is 0 Å². The van der Waals surface area contributed by atoms with E-state index in [9.17, 15) is 9.90 Å². The van der Waals surface area contributed by atoms with Crippen molar-refractivity contribution in [1.29, 1.82) is 0 Å². The van der Waals surface area contributed by atoms with Crippen LogP contribution in [0.2, 0.25) is 0 Å². The fourth-order valence-electron chi connectivity index (χ4n) is 4.82. The Morgan fingerprint density at radius 3 is 2.54 bits per heavy atom. The Morgan fingerprint density at radius 1 is 1.07 bits per heavy atom. The summed E-state index contributed by atoms with van der Waals surface area (Å²) in [7, 11) is 0. The van der Waals surface area contributed by atoms with Crippen LogP contribution in [0.25, 0.3) is 22.1 Å². The van der Waals surface area contributed by atoms with Gasteiger partial charge in [-0.1, -0.05) is 56.9 Å². The van der Waals surface area contributed by atoms with E-state index in [1.165, 1.54) is 19.3 Å². The van der Waals surface area contributed by atoms with Gasteiger partial charge in [0, 0.05) is 0 Å². The maximum absolute atomic E-state index is 12.7. The summed E-state index contributed by atoms with van der Waals surface area (Å²) >= 11 is 0. The third-order valence-electron chi connectivity index (χ3n) is 6.45. The number of unbranched alkanes of at least 4 members (excludes halogenated alkanes) is 1. The van der Waals surface area contributed by atoms with Crippen LogP contribution in [0, 0.1) is 6.92 Å². The first-order valence-corrected chi connectivity index (χ1v) is 10.4. The van der Waals surface area contributed by atoms with Gasteiger partial charge in [0.25, 0.3) is 0 Å². The zero-order valence-corrected chi connectivity index (χ0v) is 16.8. The molecule has 1 aliphatic rings. The number of phenolic OH excluding ortho intramolecular Hbond substituents is 1. The second-order valence-electron chi connectivity index (χ2n) is 8.26. The van der Waals surface area contributed by atoms with Crippen molar-refractivity contribution in [1.82, 2.24) is 0 Å². The van der Waals surface area contributed by atoms with Gasteiger partial charge in [0.05, 0.1) is 10.9 Å². The quantitative estimate of drug-likeness (QED) is 0.519. The minimum Gasteiger partial charge on any atom is -0.507 e. The van der Waals surface area contributed by atoms with Crippen LogP contribution >= 0.6 is 0 Å². The largest absolute Gasteiger partial charge is 0.507 e. The normalized spacial score (nSPS) is 15.9. The Bertz CT molecular complexity index is 1060. The summed E-state index contributed by atoms with van der Waals surface area (Å²) in [6, 6.07) is 13.4. The van der Waals surface area contributed by atoms with Crippen LogP contribution in [-0.4, -0.2) is 5.11 Å². The first kappa shape index (κ1) is 18.8. The zero-order valence-electron chi connectivity index (χ0n) is 16.8. The lowest BCUT2D eigenvalue weighted by atomic mass is 9.74. The topological polar surface area (TPSA) is 50.4 Å². The Morgan fingerprint density at radius 2 is 1.82 bits per heavy atom. The first-order chi connectivity index (χ1) is 13.5. The van der Waals surface area contributed by atoms with Crippen LogP contribution in [0.5, 0.6) is 5.75 Å². The Balaban J connectivity index is 1.85. The van der Waals surface area contributed by atoms with E-state index in [2.05, 4.69) is 6.92 Å². The summed E-state index contributed by atoms with van der Waals surface area (Å²) < 4.78 is 5.72. The summed E-state index contributed by atoms with van der Waals surface area (Å²) in [5.74, 6) is 0.203. The fraction of sp³-hybridized carbons (Fsp3) is 0.400. The molecule has 3 heteroatoms. The molecule has 3 nitrogen and oxygen atoms in total. The lowest BCUT2D eigenvalue weighted by Crippen LogP contribution is -2.22. The van der Waals surface area contributed by atoms with E-state index >= 15 is 0 Å². The number of aromatic hydroxyl groups is 1. The first-order valence-electron chi connectivity index (χ1n) is 10.4. The summed E-state index contributed by atoms with van der Waals surface area (Å²) in [5, 5.41) is 11.4. The standard InChI is InChI=1S/C25H28O3/c1-3-4-11-25(12-7-8-13-25)18-14-22(26)21-16-20(24(27)28-23(21)15-18)19-10-6-5-9-17(19)2/h5-6,9-10,14-16,26H,3-4,7-8,11-13H2,1-2H3. The van der Waals surface area contributed by atoms with Gasteiger partial charge in [-0.15, -0.1) is 0 Å². The second kappa shape index (κ2) is 7.46. The molecule has 0 spiro atoms. The van der Waals surface area contributed by atoms with Gasteiger partial charge in [-0.2, -0.15) is 0 Å². The van der Waals surface area contributed by atoms with Crippen LogP contribution in [0.3, 0.4) is 0 Å². The number of rotatable bonds is 5. The van der Waals surface area contributed by atoms with Gasteiger partial charge < -0.3 is 9.52 Å². The molecule has 2 aromatic carbocycles. The number of hydrogen-bond acceptors (Lipinski definition) is 3. The monoisotopic (exact) mass is 376 g/mol. The molecule has 0 atom stereocenters. The van der Waals surface area contributed by atoms with E-state index in [4.69, 9.17) is 4.42 Å². The molecule has 1 fully saturated rings. The molecule has 0 unspecified atom stereocenters. The lowest BCUT2D eigenvalue weighted by Gasteiger charge is -2.30. The molecular weight excluding hydrogens is 348 g/mol. The van der Waals surface area contributed by atoms with Crippen LogP contribution in [-0.2, 0) is 5.41 Å². The molecule has 1 saturated carbocycles. The Labute approximate surface area is 166 Å². The molecule has 1 aliphatic carbocycles. The average molecular weight is 376 g/mol. The smallest absolute Gasteiger partial charge is 0.344 e.